The van der Waals surface area contributed by atoms with Crippen LogP contribution in [0, 0.1) is 0 Å². The highest BCUT2D eigenvalue weighted by molar-refractivity contribution is 5.88. The van der Waals surface area contributed by atoms with Crippen molar-refractivity contribution in [1.82, 2.24) is 10.2 Å². The van der Waals surface area contributed by atoms with E-state index in [4.69, 9.17) is 9.47 Å². The third-order valence-electron chi connectivity index (χ3n) is 6.20. The lowest BCUT2D eigenvalue weighted by atomic mass is 10.0. The summed E-state index contributed by atoms with van der Waals surface area (Å²) in [7, 11) is 1.61. The molecule has 0 aliphatic heterocycles. The van der Waals surface area contributed by atoms with Gasteiger partial charge in [0.25, 0.3) is 5.91 Å². The van der Waals surface area contributed by atoms with Crippen molar-refractivity contribution in [3.05, 3.63) is 132 Å². The van der Waals surface area contributed by atoms with Crippen LogP contribution in [0.25, 0.3) is 0 Å². The highest BCUT2D eigenvalue weighted by Crippen LogP contribution is 2.18. The Hall–Kier alpha value is -4.58. The molecule has 2 amide bonds. The number of methoxy groups -OCH3 is 1. The molecule has 6 nitrogen and oxygen atoms in total. The first-order valence-corrected chi connectivity index (χ1v) is 12.6. The molecule has 0 spiro atoms. The summed E-state index contributed by atoms with van der Waals surface area (Å²) in [4.78, 5) is 28.9. The number of nitrogens with one attached hydrogen (secondary N) is 1. The van der Waals surface area contributed by atoms with Crippen molar-refractivity contribution in [2.24, 2.45) is 0 Å². The molecule has 0 heterocycles. The molecular formula is C32H32N2O4. The molecule has 0 saturated heterocycles. The van der Waals surface area contributed by atoms with Gasteiger partial charge >= 0.3 is 0 Å². The summed E-state index contributed by atoms with van der Waals surface area (Å²) in [5.74, 6) is 0.818. The van der Waals surface area contributed by atoms with Gasteiger partial charge in [0, 0.05) is 19.5 Å². The number of nitrogens with zero attached hydrogens (tertiary/aromatic N) is 1. The van der Waals surface area contributed by atoms with Crippen LogP contribution in [0.1, 0.15) is 16.7 Å². The molecule has 4 aromatic carbocycles. The van der Waals surface area contributed by atoms with Gasteiger partial charge in [0.1, 0.15) is 17.5 Å². The van der Waals surface area contributed by atoms with Gasteiger partial charge in [0.15, 0.2) is 6.61 Å². The number of carbonyl (C=O) groups excluding carboxylic acids is 2. The molecular weight excluding hydrogens is 476 g/mol. The van der Waals surface area contributed by atoms with Crippen LogP contribution in [0.2, 0.25) is 0 Å². The van der Waals surface area contributed by atoms with Crippen molar-refractivity contribution < 1.29 is 19.1 Å². The van der Waals surface area contributed by atoms with E-state index in [1.54, 1.807) is 24.1 Å². The summed E-state index contributed by atoms with van der Waals surface area (Å²) in [6.07, 6.45) is 0.370. The summed E-state index contributed by atoms with van der Waals surface area (Å²) in [5.41, 5.74) is 2.83. The Kier molecular flexibility index (Phi) is 9.51. The largest absolute Gasteiger partial charge is 0.497 e. The van der Waals surface area contributed by atoms with Gasteiger partial charge in [-0.05, 0) is 41.0 Å². The fourth-order valence-corrected chi connectivity index (χ4v) is 4.13. The van der Waals surface area contributed by atoms with E-state index in [-0.39, 0.29) is 25.0 Å². The lowest BCUT2D eigenvalue weighted by Gasteiger charge is -2.31. The lowest BCUT2D eigenvalue weighted by Crippen LogP contribution is -2.51. The molecule has 1 N–H and O–H groups in total. The zero-order valence-electron chi connectivity index (χ0n) is 21.5. The Morgan fingerprint density at radius 3 is 1.89 bits per heavy atom. The number of hydrogen-bond donors (Lipinski definition) is 1. The van der Waals surface area contributed by atoms with Crippen LogP contribution in [0.4, 0.5) is 0 Å². The van der Waals surface area contributed by atoms with Crippen LogP contribution < -0.4 is 14.8 Å². The Balaban J connectivity index is 1.60. The quantitative estimate of drug-likeness (QED) is 0.292. The Bertz CT molecular complexity index is 1280. The van der Waals surface area contributed by atoms with E-state index in [0.29, 0.717) is 18.7 Å². The molecule has 38 heavy (non-hydrogen) atoms. The van der Waals surface area contributed by atoms with E-state index in [9.17, 15) is 9.59 Å². The van der Waals surface area contributed by atoms with Crippen molar-refractivity contribution >= 4 is 11.8 Å². The number of benzene rings is 4. The maximum absolute atomic E-state index is 13.7. The average Bonchev–Trinajstić information content (AvgIpc) is 2.98. The molecule has 0 bridgehead atoms. The number of para-hydroxylation sites is 1. The number of hydrogen-bond acceptors (Lipinski definition) is 4. The van der Waals surface area contributed by atoms with Crippen LogP contribution in [0.3, 0.4) is 0 Å². The number of amides is 2. The molecule has 0 radical (unpaired) electrons. The average molecular weight is 509 g/mol. The molecule has 6 heteroatoms. The molecule has 4 rings (SSSR count). The molecule has 1 atom stereocenters. The second-order valence-electron chi connectivity index (χ2n) is 8.88. The summed E-state index contributed by atoms with van der Waals surface area (Å²) < 4.78 is 11.1. The first-order valence-electron chi connectivity index (χ1n) is 12.6. The van der Waals surface area contributed by atoms with Gasteiger partial charge in [-0.1, -0.05) is 91.0 Å². The summed E-state index contributed by atoms with van der Waals surface area (Å²) in [6, 6.07) is 35.4. The lowest BCUT2D eigenvalue weighted by molar-refractivity contribution is -0.142. The van der Waals surface area contributed by atoms with Crippen molar-refractivity contribution in [2.45, 2.75) is 25.6 Å². The molecule has 0 aromatic heterocycles. The van der Waals surface area contributed by atoms with Crippen molar-refractivity contribution in [2.75, 3.05) is 13.7 Å². The minimum absolute atomic E-state index is 0.183. The van der Waals surface area contributed by atoms with Crippen molar-refractivity contribution in [3.63, 3.8) is 0 Å². The van der Waals surface area contributed by atoms with E-state index in [0.717, 1.165) is 22.4 Å². The van der Waals surface area contributed by atoms with Crippen molar-refractivity contribution in [1.29, 1.82) is 0 Å². The van der Waals surface area contributed by atoms with Crippen LogP contribution in [0.5, 0.6) is 11.5 Å². The maximum Gasteiger partial charge on any atom is 0.261 e. The molecule has 4 aromatic rings. The topological polar surface area (TPSA) is 67.9 Å². The summed E-state index contributed by atoms with van der Waals surface area (Å²) in [5, 5.41) is 3.04. The van der Waals surface area contributed by atoms with E-state index in [1.807, 2.05) is 103 Å². The first-order chi connectivity index (χ1) is 18.6. The molecule has 0 aliphatic carbocycles. The fraction of sp³-hybridized carbons (Fsp3) is 0.188. The minimum atomic E-state index is -0.741. The van der Waals surface area contributed by atoms with Gasteiger partial charge in [-0.3, -0.25) is 9.59 Å². The van der Waals surface area contributed by atoms with E-state index >= 15 is 0 Å². The summed E-state index contributed by atoms with van der Waals surface area (Å²) >= 11 is 0. The van der Waals surface area contributed by atoms with Crippen molar-refractivity contribution in [3.8, 4) is 11.5 Å². The smallest absolute Gasteiger partial charge is 0.261 e. The van der Waals surface area contributed by atoms with Crippen LogP contribution in [-0.2, 0) is 29.1 Å². The summed E-state index contributed by atoms with van der Waals surface area (Å²) in [6.45, 7) is 0.435. The van der Waals surface area contributed by atoms with E-state index in [1.165, 1.54) is 0 Å². The number of rotatable bonds is 12. The zero-order chi connectivity index (χ0) is 26.6. The Labute approximate surface area is 223 Å². The van der Waals surface area contributed by atoms with E-state index < -0.39 is 6.04 Å². The molecule has 194 valence electrons. The third-order valence-corrected chi connectivity index (χ3v) is 6.20. The third kappa shape index (κ3) is 7.71. The molecule has 0 saturated carbocycles. The Morgan fingerprint density at radius 1 is 0.711 bits per heavy atom. The zero-order valence-corrected chi connectivity index (χ0v) is 21.5. The second-order valence-corrected chi connectivity index (χ2v) is 8.88. The van der Waals surface area contributed by atoms with Gasteiger partial charge in [0.2, 0.25) is 5.91 Å². The van der Waals surface area contributed by atoms with Gasteiger partial charge in [0.05, 0.1) is 7.11 Å². The standard InChI is InChI=1S/C32H32N2O4/c1-37-28-19-17-27(18-20-28)23-34(31(35)24-38-29-15-9-4-10-16-29)30(21-25-11-5-2-6-12-25)32(36)33-22-26-13-7-3-8-14-26/h2-20,30H,21-24H2,1H3,(H,33,36). The number of carbonyl (C=O) groups is 2. The van der Waals surface area contributed by atoms with Gasteiger partial charge in [-0.2, -0.15) is 0 Å². The van der Waals surface area contributed by atoms with Crippen LogP contribution in [0.15, 0.2) is 115 Å². The van der Waals surface area contributed by atoms with Gasteiger partial charge < -0.3 is 19.7 Å². The molecule has 0 fully saturated rings. The monoisotopic (exact) mass is 508 g/mol. The van der Waals surface area contributed by atoms with Gasteiger partial charge in [-0.15, -0.1) is 0 Å². The molecule has 0 aliphatic rings. The second kappa shape index (κ2) is 13.7. The number of ether oxygens (including phenoxy) is 2. The van der Waals surface area contributed by atoms with Gasteiger partial charge in [-0.25, -0.2) is 0 Å². The highest BCUT2D eigenvalue weighted by Gasteiger charge is 2.30. The predicted octanol–water partition coefficient (Wildman–Crippen LogP) is 5.03. The fourth-order valence-electron chi connectivity index (χ4n) is 4.13. The SMILES string of the molecule is COc1ccc(CN(C(=O)COc2ccccc2)C(Cc2ccccc2)C(=O)NCc2ccccc2)cc1. The van der Waals surface area contributed by atoms with Crippen LogP contribution >= 0.6 is 0 Å². The minimum Gasteiger partial charge on any atom is -0.497 e. The molecule has 1 unspecified atom stereocenters. The maximum atomic E-state index is 13.7. The Morgan fingerprint density at radius 2 is 1.29 bits per heavy atom. The predicted molar refractivity (Wildman–Crippen MR) is 148 cm³/mol. The highest BCUT2D eigenvalue weighted by atomic mass is 16.5. The van der Waals surface area contributed by atoms with Crippen LogP contribution in [-0.4, -0.2) is 36.5 Å². The first kappa shape index (κ1) is 26.5. The normalized spacial score (nSPS) is 11.3. The van der Waals surface area contributed by atoms with E-state index in [2.05, 4.69) is 5.32 Å².